The third-order valence-electron chi connectivity index (χ3n) is 9.97. The van der Waals surface area contributed by atoms with Gasteiger partial charge in [-0.1, -0.05) is 81.4 Å². The highest BCUT2D eigenvalue weighted by molar-refractivity contribution is 6.74. The van der Waals surface area contributed by atoms with Crippen molar-refractivity contribution < 1.29 is 47.1 Å². The predicted octanol–water partition coefficient (Wildman–Crippen LogP) is 6.10. The van der Waals surface area contributed by atoms with E-state index in [0.29, 0.717) is 13.2 Å². The highest BCUT2D eigenvalue weighted by Crippen LogP contribution is 2.45. The lowest BCUT2D eigenvalue weighted by Gasteiger charge is -2.53. The zero-order chi connectivity index (χ0) is 33.6. The van der Waals surface area contributed by atoms with Gasteiger partial charge in [0.2, 0.25) is 0 Å². The van der Waals surface area contributed by atoms with Crippen molar-refractivity contribution in [3.8, 4) is 0 Å². The van der Waals surface area contributed by atoms with Gasteiger partial charge in [0.05, 0.1) is 19.3 Å². The minimum Gasteiger partial charge on any atom is -0.406 e. The van der Waals surface area contributed by atoms with E-state index in [-0.39, 0.29) is 5.04 Å². The van der Waals surface area contributed by atoms with Gasteiger partial charge in [-0.05, 0) is 44.5 Å². The Kier molecular flexibility index (Phi) is 10.4. The average molecular weight is 673 g/mol. The zero-order valence-corrected chi connectivity index (χ0v) is 30.1. The van der Waals surface area contributed by atoms with Crippen molar-refractivity contribution in [2.45, 2.75) is 140 Å². The summed E-state index contributed by atoms with van der Waals surface area (Å²) in [6.07, 6.45) is -6.00. The first-order valence-electron chi connectivity index (χ1n) is 16.8. The van der Waals surface area contributed by atoms with E-state index in [1.54, 1.807) is 7.11 Å². The van der Waals surface area contributed by atoms with Crippen LogP contribution in [0.5, 0.6) is 0 Å². The summed E-state index contributed by atoms with van der Waals surface area (Å²) in [6.45, 7) is 17.5. The lowest BCUT2D eigenvalue weighted by atomic mass is 9.96. The second kappa shape index (κ2) is 13.9. The Balaban J connectivity index is 1.35. The average Bonchev–Trinajstić information content (AvgIpc) is 3.37. The maximum Gasteiger partial charge on any atom is 0.192 e. The molecule has 4 fully saturated rings. The van der Waals surface area contributed by atoms with Crippen LogP contribution in [0.4, 0.5) is 0 Å². The van der Waals surface area contributed by atoms with Crippen molar-refractivity contribution in [1.82, 2.24) is 0 Å². The molecule has 0 spiro atoms. The van der Waals surface area contributed by atoms with Crippen LogP contribution in [-0.2, 0) is 53.7 Å². The lowest BCUT2D eigenvalue weighted by molar-refractivity contribution is -0.381. The van der Waals surface area contributed by atoms with Crippen LogP contribution in [0.3, 0.4) is 0 Å². The molecule has 4 saturated heterocycles. The largest absolute Gasteiger partial charge is 0.406 e. The van der Waals surface area contributed by atoms with Gasteiger partial charge in [0.15, 0.2) is 33.0 Å². The number of ether oxygens (including phenoxy) is 9. The van der Waals surface area contributed by atoms with Crippen LogP contribution in [-0.4, -0.2) is 89.2 Å². The summed E-state index contributed by atoms with van der Waals surface area (Å²) in [5.74, 6) is -0.838. The second-order valence-electron chi connectivity index (χ2n) is 14.9. The van der Waals surface area contributed by atoms with Gasteiger partial charge in [0.25, 0.3) is 0 Å². The molecule has 11 atom stereocenters. The summed E-state index contributed by atoms with van der Waals surface area (Å²) >= 11 is 0. The quantitative estimate of drug-likeness (QED) is 0.291. The molecule has 10 nitrogen and oxygen atoms in total. The van der Waals surface area contributed by atoms with Crippen LogP contribution in [0.15, 0.2) is 60.7 Å². The van der Waals surface area contributed by atoms with E-state index in [1.165, 1.54) is 0 Å². The molecule has 4 aliphatic rings. The first-order valence-corrected chi connectivity index (χ1v) is 19.7. The summed E-state index contributed by atoms with van der Waals surface area (Å²) < 4.78 is 65.4. The van der Waals surface area contributed by atoms with Gasteiger partial charge >= 0.3 is 0 Å². The van der Waals surface area contributed by atoms with E-state index in [4.69, 9.17) is 47.1 Å². The Bertz CT molecular complexity index is 1300. The van der Waals surface area contributed by atoms with Gasteiger partial charge in [-0.25, -0.2) is 0 Å². The fourth-order valence-corrected chi connectivity index (χ4v) is 7.76. The Morgan fingerprint density at radius 2 is 1.47 bits per heavy atom. The summed E-state index contributed by atoms with van der Waals surface area (Å²) in [5.41, 5.74) is 1.98. The van der Waals surface area contributed by atoms with Crippen LogP contribution in [0, 0.1) is 0 Å². The van der Waals surface area contributed by atoms with E-state index in [2.05, 4.69) is 46.0 Å². The third-order valence-corrected chi connectivity index (χ3v) is 14.4. The van der Waals surface area contributed by atoms with Crippen LogP contribution in [0.2, 0.25) is 18.1 Å². The van der Waals surface area contributed by atoms with Gasteiger partial charge in [0.1, 0.15) is 42.7 Å². The molecular formula is C36H52O10Si. The topological polar surface area (TPSA) is 92.3 Å². The third kappa shape index (κ3) is 7.56. The highest BCUT2D eigenvalue weighted by Gasteiger charge is 2.59. The van der Waals surface area contributed by atoms with Crippen molar-refractivity contribution in [1.29, 1.82) is 0 Å². The van der Waals surface area contributed by atoms with E-state index in [1.807, 2.05) is 69.3 Å². The molecule has 4 aliphatic heterocycles. The molecule has 6 rings (SSSR count). The first-order chi connectivity index (χ1) is 22.3. The molecule has 0 N–H and O–H groups in total. The van der Waals surface area contributed by atoms with Crippen molar-refractivity contribution in [2.24, 2.45) is 0 Å². The van der Waals surface area contributed by atoms with Gasteiger partial charge in [-0.15, -0.1) is 0 Å². The van der Waals surface area contributed by atoms with E-state index >= 15 is 0 Å². The van der Waals surface area contributed by atoms with Gasteiger partial charge in [-0.3, -0.25) is 0 Å². The Morgan fingerprint density at radius 3 is 2.13 bits per heavy atom. The molecule has 0 bridgehead atoms. The van der Waals surface area contributed by atoms with Crippen molar-refractivity contribution in [3.05, 3.63) is 71.8 Å². The fourth-order valence-electron chi connectivity index (χ4n) is 6.48. The monoisotopic (exact) mass is 672 g/mol. The number of fused-ring (bicyclic) bond motifs is 2. The standard InChI is InChI=1S/C36H52O10Si/c1-22-26(29-30(33(37-7)40-22)45-36(5,6)44-29)42-34-31(46-47(8,9)35(2,3)4)28(38-20-23-16-12-10-13-17-23)27-25(41-34)21-39-32(43-27)24-18-14-11-15-19-24/h10-19,22,25-34H,20-21H2,1-9H3/t22-,25+,26-,27+,28-,29+,30+,31-,32+,33+,34-/m0/s1. The molecule has 0 unspecified atom stereocenters. The Morgan fingerprint density at radius 1 is 0.809 bits per heavy atom. The molecule has 260 valence electrons. The minimum absolute atomic E-state index is 0.0913. The summed E-state index contributed by atoms with van der Waals surface area (Å²) in [7, 11) is -0.795. The normalized spacial score (nSPS) is 37.3. The number of methoxy groups -OCH3 is 1. The number of rotatable bonds is 9. The lowest BCUT2D eigenvalue weighted by Crippen LogP contribution is -2.67. The molecule has 0 aromatic heterocycles. The predicted molar refractivity (Wildman–Crippen MR) is 176 cm³/mol. The van der Waals surface area contributed by atoms with Crippen molar-refractivity contribution >= 4 is 8.32 Å². The Labute approximate surface area is 280 Å². The second-order valence-corrected chi connectivity index (χ2v) is 19.7. The number of hydrogen-bond acceptors (Lipinski definition) is 10. The number of hydrogen-bond donors (Lipinski definition) is 0. The van der Waals surface area contributed by atoms with Gasteiger partial charge in [-0.2, -0.15) is 0 Å². The fraction of sp³-hybridized carbons (Fsp3) is 0.667. The first kappa shape index (κ1) is 35.1. The number of benzene rings is 2. The minimum atomic E-state index is -2.40. The summed E-state index contributed by atoms with van der Waals surface area (Å²) in [5, 5.41) is -0.0913. The molecule has 4 heterocycles. The van der Waals surface area contributed by atoms with Crippen LogP contribution < -0.4 is 0 Å². The van der Waals surface area contributed by atoms with Gasteiger partial charge in [0, 0.05) is 12.7 Å². The smallest absolute Gasteiger partial charge is 0.192 e. The van der Waals surface area contributed by atoms with Crippen LogP contribution >= 0.6 is 0 Å². The summed E-state index contributed by atoms with van der Waals surface area (Å²) in [4.78, 5) is 0. The molecule has 0 aliphatic carbocycles. The zero-order valence-electron chi connectivity index (χ0n) is 29.1. The molecule has 0 amide bonds. The van der Waals surface area contributed by atoms with E-state index in [9.17, 15) is 0 Å². The SMILES string of the molecule is CO[C@@H]1O[C@@H](C)[C@H](O[C@@H]2O[C@@H]3CO[C@@H](c4ccccc4)O[C@H]3[C@H](OCc3ccccc3)[C@@H]2O[Si](C)(C)C(C)(C)C)[C@H]2OC(C)(C)O[C@@H]12. The molecule has 47 heavy (non-hydrogen) atoms. The van der Waals surface area contributed by atoms with E-state index < -0.39 is 81.8 Å². The molecular weight excluding hydrogens is 620 g/mol. The van der Waals surface area contributed by atoms with E-state index in [0.717, 1.165) is 11.1 Å². The van der Waals surface area contributed by atoms with Crippen LogP contribution in [0.25, 0.3) is 0 Å². The molecule has 11 heteroatoms. The Hall–Kier alpha value is -1.74. The molecule has 0 radical (unpaired) electrons. The summed E-state index contributed by atoms with van der Waals surface area (Å²) in [6, 6.07) is 20.1. The highest BCUT2D eigenvalue weighted by atomic mass is 28.4. The molecule has 2 aromatic rings. The maximum atomic E-state index is 7.22. The van der Waals surface area contributed by atoms with Crippen LogP contribution in [0.1, 0.15) is 59.0 Å². The maximum absolute atomic E-state index is 7.22. The molecule has 2 aromatic carbocycles. The molecule has 0 saturated carbocycles. The van der Waals surface area contributed by atoms with Crippen molar-refractivity contribution in [2.75, 3.05) is 13.7 Å². The van der Waals surface area contributed by atoms with Gasteiger partial charge < -0.3 is 47.1 Å². The van der Waals surface area contributed by atoms with Crippen molar-refractivity contribution in [3.63, 3.8) is 0 Å².